The fraction of sp³-hybridized carbons (Fsp3) is 0.192. The van der Waals surface area contributed by atoms with Crippen LogP contribution >= 0.6 is 11.3 Å². The predicted molar refractivity (Wildman–Crippen MR) is 131 cm³/mol. The molecule has 1 aliphatic rings. The van der Waals surface area contributed by atoms with Crippen LogP contribution in [0.2, 0.25) is 0 Å². The van der Waals surface area contributed by atoms with Crippen LogP contribution in [0.15, 0.2) is 72.8 Å². The second kappa shape index (κ2) is 9.23. The quantitative estimate of drug-likeness (QED) is 0.392. The third-order valence-electron chi connectivity index (χ3n) is 5.88. The number of amides is 2. The van der Waals surface area contributed by atoms with E-state index in [2.05, 4.69) is 0 Å². The van der Waals surface area contributed by atoms with Gasteiger partial charge in [-0.1, -0.05) is 41.7 Å². The summed E-state index contributed by atoms with van der Waals surface area (Å²) < 4.78 is 19.6. The zero-order valence-corrected chi connectivity index (χ0v) is 19.3. The van der Waals surface area contributed by atoms with E-state index in [0.717, 1.165) is 21.5 Å². The molecule has 0 bridgehead atoms. The van der Waals surface area contributed by atoms with Gasteiger partial charge in [-0.15, -0.1) is 0 Å². The Hall–Kier alpha value is -3.78. The van der Waals surface area contributed by atoms with Crippen LogP contribution in [0.5, 0.6) is 5.75 Å². The standard InChI is InChI=1S/C26H22FN3O3S/c1-33-21-11-12-22-23(14-21)34-26(28-22)30(15-17-5-3-2-4-6-17)25(32)18-13-24(31)29(16-18)20-9-7-19(27)8-10-20/h2-12,14,18H,13,15-16H2,1H3. The summed E-state index contributed by atoms with van der Waals surface area (Å²) in [4.78, 5) is 34.4. The Kier molecular flexibility index (Phi) is 5.98. The second-order valence-corrected chi connectivity index (χ2v) is 9.13. The normalized spacial score (nSPS) is 15.6. The van der Waals surface area contributed by atoms with Crippen LogP contribution in [0.1, 0.15) is 12.0 Å². The summed E-state index contributed by atoms with van der Waals surface area (Å²) >= 11 is 1.41. The van der Waals surface area contributed by atoms with Gasteiger partial charge >= 0.3 is 0 Å². The molecule has 1 aliphatic heterocycles. The summed E-state index contributed by atoms with van der Waals surface area (Å²) in [5, 5.41) is 0.574. The van der Waals surface area contributed by atoms with Crippen LogP contribution in [-0.2, 0) is 16.1 Å². The molecule has 5 rings (SSSR count). The predicted octanol–water partition coefficient (Wildman–Crippen LogP) is 5.03. The lowest BCUT2D eigenvalue weighted by Gasteiger charge is -2.23. The molecule has 172 valence electrons. The maximum atomic E-state index is 13.8. The highest BCUT2D eigenvalue weighted by Gasteiger charge is 2.38. The molecule has 1 atom stereocenters. The Labute approximate surface area is 200 Å². The largest absolute Gasteiger partial charge is 0.497 e. The van der Waals surface area contributed by atoms with E-state index in [-0.39, 0.29) is 30.6 Å². The van der Waals surface area contributed by atoms with E-state index in [1.54, 1.807) is 29.0 Å². The number of rotatable bonds is 6. The number of ether oxygens (including phenoxy) is 1. The number of hydrogen-bond acceptors (Lipinski definition) is 5. The van der Waals surface area contributed by atoms with Gasteiger partial charge in [0.2, 0.25) is 11.8 Å². The van der Waals surface area contributed by atoms with Gasteiger partial charge in [0.05, 0.1) is 29.8 Å². The molecule has 34 heavy (non-hydrogen) atoms. The lowest BCUT2D eigenvalue weighted by Crippen LogP contribution is -2.37. The lowest BCUT2D eigenvalue weighted by molar-refractivity contribution is -0.124. The van der Waals surface area contributed by atoms with Gasteiger partial charge in [0, 0.05) is 18.7 Å². The molecule has 3 aromatic carbocycles. The van der Waals surface area contributed by atoms with Crippen LogP contribution in [0.3, 0.4) is 0 Å². The molecular weight excluding hydrogens is 453 g/mol. The summed E-state index contributed by atoms with van der Waals surface area (Å²) in [6, 6.07) is 21.1. The summed E-state index contributed by atoms with van der Waals surface area (Å²) in [6.07, 6.45) is 0.0974. The Morgan fingerprint density at radius 3 is 2.65 bits per heavy atom. The van der Waals surface area contributed by atoms with E-state index in [1.165, 1.54) is 23.5 Å². The van der Waals surface area contributed by atoms with Crippen molar-refractivity contribution in [3.63, 3.8) is 0 Å². The maximum Gasteiger partial charge on any atom is 0.234 e. The van der Waals surface area contributed by atoms with Crippen LogP contribution in [0, 0.1) is 11.7 Å². The van der Waals surface area contributed by atoms with E-state index in [0.29, 0.717) is 17.4 Å². The molecule has 1 unspecified atom stereocenters. The van der Waals surface area contributed by atoms with Crippen molar-refractivity contribution in [3.8, 4) is 5.75 Å². The monoisotopic (exact) mass is 475 g/mol. The second-order valence-electron chi connectivity index (χ2n) is 8.12. The van der Waals surface area contributed by atoms with Crippen molar-refractivity contribution in [1.82, 2.24) is 4.98 Å². The number of anilines is 2. The minimum Gasteiger partial charge on any atom is -0.497 e. The number of aromatic nitrogens is 1. The van der Waals surface area contributed by atoms with Crippen molar-refractivity contribution in [2.75, 3.05) is 23.5 Å². The fourth-order valence-corrected chi connectivity index (χ4v) is 5.10. The number of hydrogen-bond donors (Lipinski definition) is 0. The molecule has 2 heterocycles. The maximum absolute atomic E-state index is 13.8. The minimum atomic E-state index is -0.525. The van der Waals surface area contributed by atoms with E-state index >= 15 is 0 Å². The van der Waals surface area contributed by atoms with Crippen molar-refractivity contribution in [2.45, 2.75) is 13.0 Å². The molecule has 6 nitrogen and oxygen atoms in total. The first kappa shape index (κ1) is 22.0. The molecule has 0 radical (unpaired) electrons. The summed E-state index contributed by atoms with van der Waals surface area (Å²) in [6.45, 7) is 0.588. The number of benzene rings is 3. The first-order chi connectivity index (χ1) is 16.5. The Morgan fingerprint density at radius 1 is 1.15 bits per heavy atom. The smallest absolute Gasteiger partial charge is 0.234 e. The van der Waals surface area contributed by atoms with Gasteiger partial charge in [-0.3, -0.25) is 14.5 Å². The Balaban J connectivity index is 1.46. The van der Waals surface area contributed by atoms with Gasteiger partial charge in [0.1, 0.15) is 11.6 Å². The summed E-state index contributed by atoms with van der Waals surface area (Å²) in [7, 11) is 1.61. The highest BCUT2D eigenvalue weighted by atomic mass is 32.1. The molecule has 1 saturated heterocycles. The molecule has 1 aromatic heterocycles. The minimum absolute atomic E-state index is 0.0974. The molecule has 1 fully saturated rings. The number of methoxy groups -OCH3 is 1. The first-order valence-electron chi connectivity index (χ1n) is 10.9. The fourth-order valence-electron chi connectivity index (χ4n) is 4.10. The van der Waals surface area contributed by atoms with Crippen LogP contribution < -0.4 is 14.5 Å². The van der Waals surface area contributed by atoms with Crippen molar-refractivity contribution < 1.29 is 18.7 Å². The third kappa shape index (κ3) is 4.36. The van der Waals surface area contributed by atoms with Crippen molar-refractivity contribution in [1.29, 1.82) is 0 Å². The van der Waals surface area contributed by atoms with Crippen molar-refractivity contribution in [2.24, 2.45) is 5.92 Å². The van der Waals surface area contributed by atoms with Crippen LogP contribution in [-0.4, -0.2) is 30.5 Å². The van der Waals surface area contributed by atoms with Gasteiger partial charge in [0.15, 0.2) is 5.13 Å². The number of carbonyl (C=O) groups excluding carboxylic acids is 2. The van der Waals surface area contributed by atoms with Gasteiger partial charge in [0.25, 0.3) is 0 Å². The number of fused-ring (bicyclic) bond motifs is 1. The van der Waals surface area contributed by atoms with Gasteiger partial charge in [-0.05, 0) is 48.0 Å². The average molecular weight is 476 g/mol. The zero-order valence-electron chi connectivity index (χ0n) is 18.5. The van der Waals surface area contributed by atoms with E-state index < -0.39 is 5.92 Å². The molecule has 4 aromatic rings. The molecule has 8 heteroatoms. The van der Waals surface area contributed by atoms with Crippen LogP contribution in [0.4, 0.5) is 15.2 Å². The zero-order chi connectivity index (χ0) is 23.7. The Morgan fingerprint density at radius 2 is 1.91 bits per heavy atom. The van der Waals surface area contributed by atoms with Gasteiger partial charge in [-0.2, -0.15) is 0 Å². The third-order valence-corrected chi connectivity index (χ3v) is 6.92. The topological polar surface area (TPSA) is 62.7 Å². The van der Waals surface area contributed by atoms with Gasteiger partial charge < -0.3 is 9.64 Å². The number of carbonyl (C=O) groups is 2. The number of halogens is 1. The first-order valence-corrected chi connectivity index (χ1v) is 11.7. The Bertz CT molecular complexity index is 1340. The average Bonchev–Trinajstić information content (AvgIpc) is 3.46. The summed E-state index contributed by atoms with van der Waals surface area (Å²) in [5.74, 6) is -0.487. The van der Waals surface area contributed by atoms with E-state index in [4.69, 9.17) is 9.72 Å². The highest BCUT2D eigenvalue weighted by Crippen LogP contribution is 2.34. The molecule has 0 saturated carbocycles. The SMILES string of the molecule is COc1ccc2nc(N(Cc3ccccc3)C(=O)C3CC(=O)N(c4ccc(F)cc4)C3)sc2c1. The van der Waals surface area contributed by atoms with E-state index in [9.17, 15) is 14.0 Å². The van der Waals surface area contributed by atoms with Crippen molar-refractivity contribution in [3.05, 3.63) is 84.2 Å². The van der Waals surface area contributed by atoms with Crippen molar-refractivity contribution >= 4 is 44.2 Å². The lowest BCUT2D eigenvalue weighted by atomic mass is 10.1. The summed E-state index contributed by atoms with van der Waals surface area (Å²) in [5.41, 5.74) is 2.33. The highest BCUT2D eigenvalue weighted by molar-refractivity contribution is 7.22. The van der Waals surface area contributed by atoms with E-state index in [1.807, 2.05) is 48.5 Å². The van der Waals surface area contributed by atoms with Crippen LogP contribution in [0.25, 0.3) is 10.2 Å². The number of thiazole rings is 1. The molecule has 0 aliphatic carbocycles. The van der Waals surface area contributed by atoms with Gasteiger partial charge in [-0.25, -0.2) is 9.37 Å². The molecular formula is C26H22FN3O3S. The molecule has 2 amide bonds. The molecule has 0 spiro atoms. The molecule has 0 N–H and O–H groups in total. The number of nitrogens with zero attached hydrogens (tertiary/aromatic N) is 3.